The zero-order chi connectivity index (χ0) is 13.4. The number of halogens is 1. The highest BCUT2D eigenvalue weighted by atomic mass is 79.9. The largest absolute Gasteiger partial charge is 0.296 e. The normalized spacial score (nSPS) is 18.8. The third kappa shape index (κ3) is 2.22. The lowest BCUT2D eigenvalue weighted by atomic mass is 10.1. The van der Waals surface area contributed by atoms with Gasteiger partial charge in [0, 0.05) is 28.7 Å². The van der Waals surface area contributed by atoms with Gasteiger partial charge in [-0.15, -0.1) is 12.3 Å². The van der Waals surface area contributed by atoms with E-state index in [0.29, 0.717) is 18.8 Å². The number of hydrogen-bond acceptors (Lipinski definition) is 2. The van der Waals surface area contributed by atoms with Crippen molar-refractivity contribution < 1.29 is 4.79 Å². The predicted molar refractivity (Wildman–Crippen MR) is 78.7 cm³/mol. The molecule has 94 valence electrons. The molecule has 2 heterocycles. The molecule has 4 heteroatoms. The van der Waals surface area contributed by atoms with Crippen molar-refractivity contribution in [2.45, 2.75) is 6.42 Å². The molecule has 1 unspecified atom stereocenters. The molecule has 19 heavy (non-hydrogen) atoms. The molecule has 0 bridgehead atoms. The summed E-state index contributed by atoms with van der Waals surface area (Å²) in [4.78, 5) is 18.1. The second-order valence-electron chi connectivity index (χ2n) is 4.58. The van der Waals surface area contributed by atoms with Crippen molar-refractivity contribution in [1.29, 1.82) is 0 Å². The molecule has 0 N–H and O–H groups in total. The average molecular weight is 315 g/mol. The smallest absolute Gasteiger partial charge is 0.229 e. The summed E-state index contributed by atoms with van der Waals surface area (Å²) < 4.78 is 1.01. The van der Waals surface area contributed by atoms with Crippen molar-refractivity contribution in [3.63, 3.8) is 0 Å². The van der Waals surface area contributed by atoms with Gasteiger partial charge in [-0.2, -0.15) is 0 Å². The minimum absolute atomic E-state index is 0.00471. The van der Waals surface area contributed by atoms with Crippen molar-refractivity contribution in [2.24, 2.45) is 5.92 Å². The molecule has 1 aliphatic rings. The number of aromatic nitrogens is 1. The molecule has 3 nitrogen and oxygen atoms in total. The molecule has 1 amide bonds. The monoisotopic (exact) mass is 314 g/mol. The van der Waals surface area contributed by atoms with E-state index in [0.717, 1.165) is 15.4 Å². The van der Waals surface area contributed by atoms with Crippen LogP contribution in [0, 0.1) is 18.3 Å². The number of amides is 1. The van der Waals surface area contributed by atoms with Gasteiger partial charge in [0.25, 0.3) is 0 Å². The lowest BCUT2D eigenvalue weighted by Crippen LogP contribution is -2.25. The van der Waals surface area contributed by atoms with Gasteiger partial charge in [-0.25, -0.2) is 4.98 Å². The number of carbonyl (C=O) groups excluding carboxylic acids is 1. The first kappa shape index (κ1) is 12.2. The Bertz CT molecular complexity index is 705. The summed E-state index contributed by atoms with van der Waals surface area (Å²) in [5.74, 6) is 3.36. The van der Waals surface area contributed by atoms with E-state index in [1.54, 1.807) is 4.90 Å². The quantitative estimate of drug-likeness (QED) is 0.758. The Morgan fingerprint density at radius 2 is 2.21 bits per heavy atom. The van der Waals surface area contributed by atoms with E-state index < -0.39 is 0 Å². The number of hydrogen-bond donors (Lipinski definition) is 0. The van der Waals surface area contributed by atoms with E-state index in [-0.39, 0.29) is 11.8 Å². The van der Waals surface area contributed by atoms with Gasteiger partial charge in [0.05, 0.1) is 5.52 Å². The molecular weight excluding hydrogens is 304 g/mol. The maximum absolute atomic E-state index is 11.9. The van der Waals surface area contributed by atoms with Gasteiger partial charge in [-0.3, -0.25) is 9.69 Å². The molecule has 0 saturated carbocycles. The average Bonchev–Trinajstić information content (AvgIpc) is 2.79. The minimum Gasteiger partial charge on any atom is -0.296 e. The Balaban J connectivity index is 2.00. The summed E-state index contributed by atoms with van der Waals surface area (Å²) in [7, 11) is 0. The molecule has 2 aromatic rings. The fraction of sp³-hybridized carbons (Fsp3) is 0.200. The summed E-state index contributed by atoms with van der Waals surface area (Å²) in [6.45, 7) is 0.560. The van der Waals surface area contributed by atoms with E-state index in [4.69, 9.17) is 6.42 Å². The van der Waals surface area contributed by atoms with Gasteiger partial charge in [-0.1, -0.05) is 15.9 Å². The van der Waals surface area contributed by atoms with E-state index in [2.05, 4.69) is 26.8 Å². The molecule has 1 atom stereocenters. The van der Waals surface area contributed by atoms with E-state index in [1.165, 1.54) is 0 Å². The summed E-state index contributed by atoms with van der Waals surface area (Å²) >= 11 is 3.43. The van der Waals surface area contributed by atoms with Crippen molar-refractivity contribution in [1.82, 2.24) is 4.98 Å². The summed E-state index contributed by atoms with van der Waals surface area (Å²) in [5, 5.41) is 1.04. The van der Waals surface area contributed by atoms with Gasteiger partial charge in [0.2, 0.25) is 5.91 Å². The molecule has 0 radical (unpaired) electrons. The molecule has 0 spiro atoms. The number of terminal acetylenes is 1. The molecular formula is C15H11BrN2O. The number of nitrogens with zero attached hydrogens (tertiary/aromatic N) is 2. The second-order valence-corrected chi connectivity index (χ2v) is 5.49. The van der Waals surface area contributed by atoms with Crippen LogP contribution < -0.4 is 4.90 Å². The molecule has 1 saturated heterocycles. The number of rotatable bonds is 1. The maximum Gasteiger partial charge on any atom is 0.229 e. The number of carbonyl (C=O) groups is 1. The first-order valence-electron chi connectivity index (χ1n) is 6.00. The summed E-state index contributed by atoms with van der Waals surface area (Å²) in [6.07, 6.45) is 5.80. The van der Waals surface area contributed by atoms with Crippen molar-refractivity contribution in [2.75, 3.05) is 11.4 Å². The van der Waals surface area contributed by atoms with Crippen molar-refractivity contribution >= 4 is 38.6 Å². The van der Waals surface area contributed by atoms with Crippen LogP contribution in [0.4, 0.5) is 5.82 Å². The highest BCUT2D eigenvalue weighted by molar-refractivity contribution is 9.10. The maximum atomic E-state index is 11.9. The van der Waals surface area contributed by atoms with Crippen molar-refractivity contribution in [3.8, 4) is 12.3 Å². The van der Waals surface area contributed by atoms with Crippen LogP contribution in [0.3, 0.4) is 0 Å². The first-order valence-corrected chi connectivity index (χ1v) is 6.79. The number of anilines is 1. The minimum atomic E-state index is -0.00471. The topological polar surface area (TPSA) is 33.2 Å². The van der Waals surface area contributed by atoms with Gasteiger partial charge >= 0.3 is 0 Å². The molecule has 1 fully saturated rings. The zero-order valence-corrected chi connectivity index (χ0v) is 11.7. The zero-order valence-electron chi connectivity index (χ0n) is 10.1. The highest BCUT2D eigenvalue weighted by Gasteiger charge is 2.30. The summed E-state index contributed by atoms with van der Waals surface area (Å²) in [5.41, 5.74) is 0.873. The van der Waals surface area contributed by atoms with Crippen LogP contribution in [0.25, 0.3) is 10.9 Å². The van der Waals surface area contributed by atoms with Crippen LogP contribution in [0.5, 0.6) is 0 Å². The molecule has 0 aliphatic carbocycles. The molecule has 1 aliphatic heterocycles. The number of pyridine rings is 1. The lowest BCUT2D eigenvalue weighted by Gasteiger charge is -2.15. The highest BCUT2D eigenvalue weighted by Crippen LogP contribution is 2.26. The molecule has 3 rings (SSSR count). The van der Waals surface area contributed by atoms with Crippen LogP contribution in [0.15, 0.2) is 34.8 Å². The van der Waals surface area contributed by atoms with Gasteiger partial charge in [0.15, 0.2) is 0 Å². The van der Waals surface area contributed by atoms with E-state index in [1.807, 2.05) is 30.3 Å². The first-order chi connectivity index (χ1) is 9.17. The number of fused-ring (bicyclic) bond motifs is 1. The third-order valence-corrected chi connectivity index (χ3v) is 3.77. The van der Waals surface area contributed by atoms with Crippen LogP contribution in [-0.2, 0) is 4.79 Å². The fourth-order valence-electron chi connectivity index (χ4n) is 2.28. The fourth-order valence-corrected chi connectivity index (χ4v) is 2.66. The second kappa shape index (κ2) is 4.67. The predicted octanol–water partition coefficient (Wildman–Crippen LogP) is 2.98. The lowest BCUT2D eigenvalue weighted by molar-refractivity contribution is -0.117. The SMILES string of the molecule is C#CC1CC(=O)N(c2ccc3cc(Br)ccc3n2)C1. The third-order valence-electron chi connectivity index (χ3n) is 3.27. The standard InChI is InChI=1S/C15H11BrN2O/c1-2-10-7-15(19)18(9-10)14-6-3-11-8-12(16)4-5-13(11)17-14/h1,3-6,8,10H,7,9H2. The van der Waals surface area contributed by atoms with Gasteiger partial charge in [0.1, 0.15) is 5.82 Å². The Morgan fingerprint density at radius 1 is 1.37 bits per heavy atom. The van der Waals surface area contributed by atoms with Crippen LogP contribution in [-0.4, -0.2) is 17.4 Å². The van der Waals surface area contributed by atoms with Crippen LogP contribution in [0.2, 0.25) is 0 Å². The van der Waals surface area contributed by atoms with Crippen LogP contribution in [0.1, 0.15) is 6.42 Å². The van der Waals surface area contributed by atoms with E-state index in [9.17, 15) is 4.79 Å². The van der Waals surface area contributed by atoms with Crippen LogP contribution >= 0.6 is 15.9 Å². The Labute approximate surface area is 119 Å². The molecule has 1 aromatic heterocycles. The van der Waals surface area contributed by atoms with Gasteiger partial charge in [-0.05, 0) is 30.3 Å². The van der Waals surface area contributed by atoms with E-state index >= 15 is 0 Å². The Hall–Kier alpha value is -1.86. The van der Waals surface area contributed by atoms with Gasteiger partial charge < -0.3 is 0 Å². The van der Waals surface area contributed by atoms with Crippen molar-refractivity contribution in [3.05, 3.63) is 34.8 Å². The number of benzene rings is 1. The summed E-state index contributed by atoms with van der Waals surface area (Å²) in [6, 6.07) is 9.71. The molecule has 1 aromatic carbocycles. The Kier molecular flexibility index (Phi) is 3.00. The Morgan fingerprint density at radius 3 is 2.95 bits per heavy atom.